The van der Waals surface area contributed by atoms with Crippen LogP contribution in [0.15, 0.2) is 36.4 Å². The molecule has 2 amide bonds. The third kappa shape index (κ3) is 6.47. The van der Waals surface area contributed by atoms with Gasteiger partial charge in [-0.3, -0.25) is 9.59 Å². The van der Waals surface area contributed by atoms with E-state index in [-0.39, 0.29) is 24.2 Å². The van der Waals surface area contributed by atoms with Gasteiger partial charge in [0.05, 0.1) is 5.69 Å². The van der Waals surface area contributed by atoms with E-state index in [4.69, 9.17) is 4.74 Å². The van der Waals surface area contributed by atoms with E-state index in [1.165, 1.54) is 12.5 Å². The number of carbonyl (C=O) groups excluding carboxylic acids is 2. The highest BCUT2D eigenvalue weighted by Crippen LogP contribution is 2.33. The van der Waals surface area contributed by atoms with E-state index in [0.29, 0.717) is 13.0 Å². The molecule has 0 aliphatic carbocycles. The molecule has 0 saturated carbocycles. The predicted octanol–water partition coefficient (Wildman–Crippen LogP) is 3.81. The van der Waals surface area contributed by atoms with Gasteiger partial charge in [-0.25, -0.2) is 0 Å². The fraction of sp³-hybridized carbons (Fsp3) is 0.391. The van der Waals surface area contributed by atoms with Crippen LogP contribution in [-0.2, 0) is 22.4 Å². The number of amides is 2. The number of likely N-dealkylation sites (N-methyl/N-ethyl adjacent to an activating group) is 1. The lowest BCUT2D eigenvalue weighted by atomic mass is 9.98. The molecule has 0 unspecified atom stereocenters. The van der Waals surface area contributed by atoms with Gasteiger partial charge in [-0.2, -0.15) is 0 Å². The van der Waals surface area contributed by atoms with Gasteiger partial charge < -0.3 is 20.3 Å². The average molecular weight is 432 g/mol. The van der Waals surface area contributed by atoms with Crippen LogP contribution in [0, 0.1) is 6.92 Å². The van der Waals surface area contributed by atoms with Gasteiger partial charge in [-0.1, -0.05) is 18.2 Å². The fourth-order valence-corrected chi connectivity index (χ4v) is 3.44. The van der Waals surface area contributed by atoms with E-state index >= 15 is 0 Å². The molecule has 162 valence electrons. The number of benzene rings is 2. The topological polar surface area (TPSA) is 70.7 Å². The maximum Gasteiger partial charge on any atom is 0.224 e. The Labute approximate surface area is 184 Å². The van der Waals surface area contributed by atoms with E-state index in [1.807, 2.05) is 43.3 Å². The van der Waals surface area contributed by atoms with E-state index in [2.05, 4.69) is 22.6 Å². The summed E-state index contributed by atoms with van der Waals surface area (Å²) in [7, 11) is 2.08. The monoisotopic (exact) mass is 431 g/mol. The van der Waals surface area contributed by atoms with Gasteiger partial charge >= 0.3 is 0 Å². The molecule has 0 radical (unpaired) electrons. The molecule has 0 spiro atoms. The van der Waals surface area contributed by atoms with Crippen molar-refractivity contribution in [2.24, 2.45) is 0 Å². The van der Waals surface area contributed by atoms with Crippen molar-refractivity contribution in [3.05, 3.63) is 53.1 Å². The van der Waals surface area contributed by atoms with E-state index in [1.54, 1.807) is 0 Å². The molecule has 2 aromatic rings. The molecule has 0 atom stereocenters. The number of anilines is 2. The summed E-state index contributed by atoms with van der Waals surface area (Å²) in [5.41, 5.74) is 5.14. The highest BCUT2D eigenvalue weighted by atomic mass is 35.5. The van der Waals surface area contributed by atoms with Crippen LogP contribution in [0.25, 0.3) is 0 Å². The molecule has 0 aromatic heterocycles. The van der Waals surface area contributed by atoms with Gasteiger partial charge in [-0.15, -0.1) is 12.4 Å². The molecule has 0 saturated heterocycles. The smallest absolute Gasteiger partial charge is 0.224 e. The fourth-order valence-electron chi connectivity index (χ4n) is 3.44. The van der Waals surface area contributed by atoms with Crippen LogP contribution in [0.3, 0.4) is 0 Å². The van der Waals surface area contributed by atoms with Crippen molar-refractivity contribution in [2.45, 2.75) is 33.1 Å². The van der Waals surface area contributed by atoms with Crippen molar-refractivity contribution in [2.75, 3.05) is 37.4 Å². The summed E-state index contributed by atoms with van der Waals surface area (Å²) < 4.78 is 6.04. The molecule has 0 bridgehead atoms. The first-order valence-corrected chi connectivity index (χ1v) is 10.0. The lowest BCUT2D eigenvalue weighted by Gasteiger charge is -2.23. The zero-order chi connectivity index (χ0) is 20.8. The number of hydrogen-bond acceptors (Lipinski definition) is 4. The molecule has 0 fully saturated rings. The first kappa shape index (κ1) is 23.7. The Morgan fingerprint density at radius 1 is 1.13 bits per heavy atom. The van der Waals surface area contributed by atoms with Gasteiger partial charge in [0.25, 0.3) is 0 Å². The van der Waals surface area contributed by atoms with Gasteiger partial charge in [0.2, 0.25) is 11.8 Å². The minimum atomic E-state index is -0.0605. The standard InChI is InChI=1S/C23H29N3O3.ClH/c1-16-4-10-21(20-9-11-22(28)25-23(16)20)29-15-14-26(3)13-12-18-5-7-19(8-6-18)24-17(2)27;/h4-8,10H,9,11-15H2,1-3H3,(H,24,27)(H,25,28);1H. The normalized spacial score (nSPS) is 12.6. The maximum absolute atomic E-state index is 11.7. The lowest BCUT2D eigenvalue weighted by Crippen LogP contribution is -2.27. The molecule has 1 aliphatic heterocycles. The number of hydrogen-bond donors (Lipinski definition) is 2. The highest BCUT2D eigenvalue weighted by Gasteiger charge is 2.20. The Morgan fingerprint density at radius 3 is 2.57 bits per heavy atom. The number of carbonyl (C=O) groups is 2. The van der Waals surface area contributed by atoms with Gasteiger partial charge in [0, 0.05) is 37.7 Å². The molecule has 1 aliphatic rings. The molecule has 6 nitrogen and oxygen atoms in total. The Hall–Kier alpha value is -2.57. The molecule has 7 heteroatoms. The summed E-state index contributed by atoms with van der Waals surface area (Å²) in [5, 5.41) is 5.75. The summed E-state index contributed by atoms with van der Waals surface area (Å²) in [6.45, 7) is 5.85. The Balaban J connectivity index is 0.00000320. The van der Waals surface area contributed by atoms with E-state index < -0.39 is 0 Å². The van der Waals surface area contributed by atoms with Crippen LogP contribution in [-0.4, -0.2) is 43.5 Å². The highest BCUT2D eigenvalue weighted by molar-refractivity contribution is 5.95. The van der Waals surface area contributed by atoms with Crippen LogP contribution in [0.2, 0.25) is 0 Å². The predicted molar refractivity (Wildman–Crippen MR) is 123 cm³/mol. The summed E-state index contributed by atoms with van der Waals surface area (Å²) in [6, 6.07) is 11.9. The molecule has 3 rings (SSSR count). The van der Waals surface area contributed by atoms with Crippen molar-refractivity contribution >= 4 is 35.6 Å². The number of nitrogens with zero attached hydrogens (tertiary/aromatic N) is 1. The Bertz CT molecular complexity index is 884. The van der Waals surface area contributed by atoms with Gasteiger partial charge in [0.15, 0.2) is 0 Å². The minimum absolute atomic E-state index is 0. The summed E-state index contributed by atoms with van der Waals surface area (Å²) >= 11 is 0. The van der Waals surface area contributed by atoms with Crippen LogP contribution < -0.4 is 15.4 Å². The molecule has 30 heavy (non-hydrogen) atoms. The van der Waals surface area contributed by atoms with Crippen LogP contribution in [0.1, 0.15) is 30.0 Å². The SMILES string of the molecule is CC(=O)Nc1ccc(CCN(C)CCOc2ccc(C)c3c2CCC(=O)N3)cc1.Cl. The first-order chi connectivity index (χ1) is 13.9. The van der Waals surface area contributed by atoms with Crippen molar-refractivity contribution < 1.29 is 14.3 Å². The van der Waals surface area contributed by atoms with E-state index in [0.717, 1.165) is 54.2 Å². The molecule has 2 aromatic carbocycles. The minimum Gasteiger partial charge on any atom is -0.492 e. The van der Waals surface area contributed by atoms with Gasteiger partial charge in [-0.05, 0) is 56.1 Å². The second kappa shape index (κ2) is 11.0. The Morgan fingerprint density at radius 2 is 1.87 bits per heavy atom. The molecule has 2 N–H and O–H groups in total. The number of aryl methyl sites for hydroxylation is 1. The molecule has 1 heterocycles. The quantitative estimate of drug-likeness (QED) is 0.666. The zero-order valence-corrected chi connectivity index (χ0v) is 18.6. The number of ether oxygens (including phenoxy) is 1. The largest absolute Gasteiger partial charge is 0.492 e. The number of fused-ring (bicyclic) bond motifs is 1. The molecular formula is C23H30ClN3O3. The summed E-state index contributed by atoms with van der Waals surface area (Å²) in [4.78, 5) is 25.0. The zero-order valence-electron chi connectivity index (χ0n) is 17.8. The first-order valence-electron chi connectivity index (χ1n) is 10.0. The number of halogens is 1. The second-order valence-electron chi connectivity index (χ2n) is 7.56. The van der Waals surface area contributed by atoms with Crippen molar-refractivity contribution in [3.63, 3.8) is 0 Å². The number of rotatable bonds is 8. The van der Waals surface area contributed by atoms with Crippen molar-refractivity contribution in [1.29, 1.82) is 0 Å². The van der Waals surface area contributed by atoms with Crippen LogP contribution in [0.4, 0.5) is 11.4 Å². The van der Waals surface area contributed by atoms with Gasteiger partial charge in [0.1, 0.15) is 12.4 Å². The van der Waals surface area contributed by atoms with Crippen LogP contribution in [0.5, 0.6) is 5.75 Å². The number of nitrogens with one attached hydrogen (secondary N) is 2. The lowest BCUT2D eigenvalue weighted by molar-refractivity contribution is -0.116. The average Bonchev–Trinajstić information content (AvgIpc) is 2.69. The molecular weight excluding hydrogens is 402 g/mol. The Kier molecular flexibility index (Phi) is 8.69. The van der Waals surface area contributed by atoms with E-state index in [9.17, 15) is 9.59 Å². The van der Waals surface area contributed by atoms with Crippen LogP contribution >= 0.6 is 12.4 Å². The maximum atomic E-state index is 11.7. The third-order valence-corrected chi connectivity index (χ3v) is 5.13. The summed E-state index contributed by atoms with van der Waals surface area (Å²) in [6.07, 6.45) is 2.17. The summed E-state index contributed by atoms with van der Waals surface area (Å²) in [5.74, 6) is 0.879. The van der Waals surface area contributed by atoms with Crippen molar-refractivity contribution in [3.8, 4) is 5.75 Å². The van der Waals surface area contributed by atoms with Crippen molar-refractivity contribution in [1.82, 2.24) is 4.90 Å². The third-order valence-electron chi connectivity index (χ3n) is 5.13. The second-order valence-corrected chi connectivity index (χ2v) is 7.56.